The van der Waals surface area contributed by atoms with Crippen molar-refractivity contribution in [1.82, 2.24) is 20.8 Å². The van der Waals surface area contributed by atoms with Gasteiger partial charge in [0.1, 0.15) is 0 Å². The van der Waals surface area contributed by atoms with Gasteiger partial charge in [-0.05, 0) is 26.1 Å². The van der Waals surface area contributed by atoms with Crippen LogP contribution in [0.3, 0.4) is 0 Å². The van der Waals surface area contributed by atoms with Crippen molar-refractivity contribution < 1.29 is 9.32 Å². The Morgan fingerprint density at radius 3 is 2.70 bits per heavy atom. The first-order valence-electron chi connectivity index (χ1n) is 6.03. The maximum Gasteiger partial charge on any atom is 0.257 e. The molecule has 2 rings (SSSR count). The second-order valence-corrected chi connectivity index (χ2v) is 4.14. The second-order valence-electron chi connectivity index (χ2n) is 4.14. The number of carbonyl (C=O) groups excluding carboxylic acids is 1. The van der Waals surface area contributed by atoms with Crippen molar-refractivity contribution in [2.75, 3.05) is 13.6 Å². The van der Waals surface area contributed by atoms with E-state index in [4.69, 9.17) is 4.52 Å². The molecule has 108 valence electrons. The minimum absolute atomic E-state index is 0. The van der Waals surface area contributed by atoms with Gasteiger partial charge in [-0.1, -0.05) is 23.4 Å². The van der Waals surface area contributed by atoms with Gasteiger partial charge in [-0.3, -0.25) is 4.79 Å². The Morgan fingerprint density at radius 1 is 1.35 bits per heavy atom. The first-order chi connectivity index (χ1) is 9.20. The van der Waals surface area contributed by atoms with Gasteiger partial charge >= 0.3 is 0 Å². The number of nitrogens with one attached hydrogen (secondary N) is 2. The Balaban J connectivity index is 0.00000200. The first-order valence-corrected chi connectivity index (χ1v) is 6.03. The Morgan fingerprint density at radius 2 is 2.05 bits per heavy atom. The lowest BCUT2D eigenvalue weighted by atomic mass is 10.2. The summed E-state index contributed by atoms with van der Waals surface area (Å²) in [5, 5.41) is 9.44. The Kier molecular flexibility index (Phi) is 6.14. The van der Waals surface area contributed by atoms with Gasteiger partial charge in [0.25, 0.3) is 5.89 Å². The zero-order valence-corrected chi connectivity index (χ0v) is 12.1. The van der Waals surface area contributed by atoms with E-state index in [1.807, 2.05) is 37.3 Å². The van der Waals surface area contributed by atoms with E-state index in [1.165, 1.54) is 0 Å². The lowest BCUT2D eigenvalue weighted by molar-refractivity contribution is -0.120. The molecule has 1 aromatic carbocycles. The van der Waals surface area contributed by atoms with E-state index in [-0.39, 0.29) is 30.9 Å². The molecule has 0 fully saturated rings. The van der Waals surface area contributed by atoms with E-state index in [2.05, 4.69) is 20.8 Å². The van der Waals surface area contributed by atoms with Crippen LogP contribution in [-0.2, 0) is 4.79 Å². The maximum absolute atomic E-state index is 11.4. The lowest BCUT2D eigenvalue weighted by Crippen LogP contribution is -2.34. The molecule has 0 spiro atoms. The summed E-state index contributed by atoms with van der Waals surface area (Å²) < 4.78 is 5.19. The normalized spacial score (nSPS) is 11.5. The molecule has 2 aromatic rings. The average molecular weight is 297 g/mol. The number of benzene rings is 1. The molecule has 1 amide bonds. The summed E-state index contributed by atoms with van der Waals surface area (Å²) >= 11 is 0. The van der Waals surface area contributed by atoms with Crippen LogP contribution in [-0.4, -0.2) is 29.6 Å². The Bertz CT molecular complexity index is 544. The van der Waals surface area contributed by atoms with Crippen molar-refractivity contribution in [1.29, 1.82) is 0 Å². The number of aromatic nitrogens is 2. The highest BCUT2D eigenvalue weighted by Gasteiger charge is 2.16. The van der Waals surface area contributed by atoms with Gasteiger partial charge in [0.15, 0.2) is 5.82 Å². The molecular formula is C13H17ClN4O2. The van der Waals surface area contributed by atoms with Crippen LogP contribution in [0.25, 0.3) is 11.5 Å². The number of amides is 1. The van der Waals surface area contributed by atoms with Crippen LogP contribution in [0.2, 0.25) is 0 Å². The molecule has 0 aliphatic carbocycles. The molecule has 2 N–H and O–H groups in total. The van der Waals surface area contributed by atoms with E-state index in [0.717, 1.165) is 5.56 Å². The van der Waals surface area contributed by atoms with Crippen molar-refractivity contribution in [2.45, 2.75) is 13.0 Å². The van der Waals surface area contributed by atoms with Crippen LogP contribution in [0.4, 0.5) is 0 Å². The van der Waals surface area contributed by atoms with E-state index in [0.29, 0.717) is 11.7 Å². The molecule has 0 saturated heterocycles. The van der Waals surface area contributed by atoms with Crippen LogP contribution in [0.1, 0.15) is 18.8 Å². The van der Waals surface area contributed by atoms with Crippen LogP contribution in [0.5, 0.6) is 0 Å². The summed E-state index contributed by atoms with van der Waals surface area (Å²) in [7, 11) is 1.71. The molecule has 20 heavy (non-hydrogen) atoms. The molecule has 0 radical (unpaired) electrons. The molecule has 1 heterocycles. The summed E-state index contributed by atoms with van der Waals surface area (Å²) in [6, 6.07) is 9.21. The fourth-order valence-corrected chi connectivity index (χ4v) is 1.63. The van der Waals surface area contributed by atoms with Gasteiger partial charge in [0.05, 0.1) is 12.6 Å². The molecular weight excluding hydrogens is 280 g/mol. The lowest BCUT2D eigenvalue weighted by Gasteiger charge is -2.08. The predicted octanol–water partition coefficient (Wildman–Crippen LogP) is 1.55. The molecule has 1 aromatic heterocycles. The molecule has 7 heteroatoms. The smallest absolute Gasteiger partial charge is 0.257 e. The number of hydrogen-bond donors (Lipinski definition) is 2. The first kappa shape index (κ1) is 16.1. The highest BCUT2D eigenvalue weighted by atomic mass is 35.5. The van der Waals surface area contributed by atoms with Crippen molar-refractivity contribution in [3.05, 3.63) is 36.2 Å². The van der Waals surface area contributed by atoms with Crippen molar-refractivity contribution >= 4 is 18.3 Å². The second kappa shape index (κ2) is 7.62. The summed E-state index contributed by atoms with van der Waals surface area (Å²) in [4.78, 5) is 15.7. The summed E-state index contributed by atoms with van der Waals surface area (Å²) in [6.07, 6.45) is 0. The molecule has 0 aliphatic rings. The fourth-order valence-electron chi connectivity index (χ4n) is 1.63. The zero-order chi connectivity index (χ0) is 13.7. The van der Waals surface area contributed by atoms with Gasteiger partial charge in [0, 0.05) is 5.56 Å². The van der Waals surface area contributed by atoms with Crippen LogP contribution >= 0.6 is 12.4 Å². The number of likely N-dealkylation sites (N-methyl/N-ethyl adjacent to an activating group) is 1. The van der Waals surface area contributed by atoms with Gasteiger partial charge in [-0.15, -0.1) is 12.4 Å². The quantitative estimate of drug-likeness (QED) is 0.875. The summed E-state index contributed by atoms with van der Waals surface area (Å²) in [5.74, 6) is 0.801. The number of halogens is 1. The third-order valence-corrected chi connectivity index (χ3v) is 2.56. The van der Waals surface area contributed by atoms with E-state index in [1.54, 1.807) is 7.05 Å². The zero-order valence-electron chi connectivity index (χ0n) is 11.3. The van der Waals surface area contributed by atoms with Gasteiger partial charge in [0.2, 0.25) is 5.91 Å². The van der Waals surface area contributed by atoms with Crippen molar-refractivity contribution in [2.24, 2.45) is 0 Å². The molecule has 6 nitrogen and oxygen atoms in total. The third-order valence-electron chi connectivity index (χ3n) is 2.56. The van der Waals surface area contributed by atoms with Gasteiger partial charge in [-0.2, -0.15) is 4.98 Å². The molecule has 0 bridgehead atoms. The largest absolute Gasteiger partial charge is 0.345 e. The molecule has 0 aliphatic heterocycles. The van der Waals surface area contributed by atoms with Gasteiger partial charge < -0.3 is 15.2 Å². The average Bonchev–Trinajstić information content (AvgIpc) is 2.89. The van der Waals surface area contributed by atoms with Crippen molar-refractivity contribution in [3.63, 3.8) is 0 Å². The number of carbonyl (C=O) groups is 1. The van der Waals surface area contributed by atoms with Crippen LogP contribution in [0.15, 0.2) is 34.9 Å². The van der Waals surface area contributed by atoms with Crippen LogP contribution < -0.4 is 10.6 Å². The summed E-state index contributed by atoms with van der Waals surface area (Å²) in [5.41, 5.74) is 0.856. The minimum atomic E-state index is -0.290. The SMILES string of the molecule is CNCC(=O)NC(C)c1noc(-c2ccccc2)n1.Cl. The number of rotatable bonds is 5. The monoisotopic (exact) mass is 296 g/mol. The highest BCUT2D eigenvalue weighted by molar-refractivity contribution is 5.85. The molecule has 0 saturated carbocycles. The Hall–Kier alpha value is -1.92. The molecule has 1 atom stereocenters. The standard InChI is InChI=1S/C13H16N4O2.ClH/c1-9(15-11(18)8-14-2)12-16-13(19-17-12)10-6-4-3-5-7-10;/h3-7,9,14H,8H2,1-2H3,(H,15,18);1H. The van der Waals surface area contributed by atoms with Crippen molar-refractivity contribution in [3.8, 4) is 11.5 Å². The van der Waals surface area contributed by atoms with E-state index in [9.17, 15) is 4.79 Å². The van der Waals surface area contributed by atoms with E-state index >= 15 is 0 Å². The Labute approximate surface area is 123 Å². The predicted molar refractivity (Wildman–Crippen MR) is 77.5 cm³/mol. The highest BCUT2D eigenvalue weighted by Crippen LogP contribution is 2.18. The fraction of sp³-hybridized carbons (Fsp3) is 0.308. The maximum atomic E-state index is 11.4. The minimum Gasteiger partial charge on any atom is -0.345 e. The number of hydrogen-bond acceptors (Lipinski definition) is 5. The molecule has 1 unspecified atom stereocenters. The topological polar surface area (TPSA) is 80.0 Å². The number of nitrogens with zero attached hydrogens (tertiary/aromatic N) is 2. The van der Waals surface area contributed by atoms with E-state index < -0.39 is 0 Å². The van der Waals surface area contributed by atoms with Gasteiger partial charge in [-0.25, -0.2) is 0 Å². The summed E-state index contributed by atoms with van der Waals surface area (Å²) in [6.45, 7) is 2.07. The van der Waals surface area contributed by atoms with Crippen LogP contribution in [0, 0.1) is 0 Å². The third kappa shape index (κ3) is 4.04.